The van der Waals surface area contributed by atoms with E-state index in [2.05, 4.69) is 5.32 Å². The maximum atomic E-state index is 13.4. The van der Waals surface area contributed by atoms with E-state index in [-0.39, 0.29) is 24.8 Å². The summed E-state index contributed by atoms with van der Waals surface area (Å²) < 4.78 is 27.9. The molecule has 0 spiro atoms. The van der Waals surface area contributed by atoms with Crippen molar-refractivity contribution in [2.45, 2.75) is 63.4 Å². The van der Waals surface area contributed by atoms with Crippen LogP contribution in [0.5, 0.6) is 0 Å². The molecule has 2 amide bonds. The average Bonchev–Trinajstić information content (AvgIpc) is 3.07. The van der Waals surface area contributed by atoms with Gasteiger partial charge in [0.15, 0.2) is 0 Å². The summed E-state index contributed by atoms with van der Waals surface area (Å²) in [6.07, 6.45) is 1.11. The largest absolute Gasteiger partial charge is 0.350 e. The zero-order valence-electron chi connectivity index (χ0n) is 21.9. The van der Waals surface area contributed by atoms with Gasteiger partial charge in [-0.05, 0) is 63.6 Å². The second kappa shape index (κ2) is 10.5. The lowest BCUT2D eigenvalue weighted by atomic mass is 10.1. The second-order valence-corrected chi connectivity index (χ2v) is 12.4. The lowest BCUT2D eigenvalue weighted by Gasteiger charge is -2.31. The molecule has 7 nitrogen and oxygen atoms in total. The third-order valence-corrected chi connectivity index (χ3v) is 8.44. The third kappa shape index (κ3) is 5.80. The first-order chi connectivity index (χ1) is 17.5. The molecule has 0 aliphatic carbocycles. The monoisotopic (exact) mass is 521 g/mol. The van der Waals surface area contributed by atoms with E-state index in [0.29, 0.717) is 30.0 Å². The van der Waals surface area contributed by atoms with Crippen LogP contribution in [0.4, 0.5) is 5.69 Å². The highest BCUT2D eigenvalue weighted by molar-refractivity contribution is 7.93. The zero-order valence-corrected chi connectivity index (χ0v) is 22.7. The van der Waals surface area contributed by atoms with Gasteiger partial charge in [-0.3, -0.25) is 13.9 Å². The molecule has 0 bridgehead atoms. The first kappa shape index (κ1) is 26.7. The molecular weight excluding hydrogens is 486 g/mol. The fourth-order valence-corrected chi connectivity index (χ4v) is 6.51. The molecule has 1 heterocycles. The van der Waals surface area contributed by atoms with Crippen LogP contribution >= 0.6 is 0 Å². The number of nitrogens with one attached hydrogen (secondary N) is 1. The Morgan fingerprint density at radius 1 is 0.973 bits per heavy atom. The van der Waals surface area contributed by atoms with Crippen LogP contribution < -0.4 is 9.62 Å². The Balaban J connectivity index is 1.47. The summed E-state index contributed by atoms with van der Waals surface area (Å²) in [6, 6.07) is 20.0. The summed E-state index contributed by atoms with van der Waals surface area (Å²) in [5.41, 5.74) is 1.32. The molecule has 4 rings (SSSR count). The molecule has 0 radical (unpaired) electrons. The molecule has 0 saturated heterocycles. The number of carbonyl (C=O) groups is 2. The summed E-state index contributed by atoms with van der Waals surface area (Å²) in [5.74, 6) is -0.377. The summed E-state index contributed by atoms with van der Waals surface area (Å²) in [5, 5.41) is 4.57. The maximum absolute atomic E-state index is 13.4. The number of nitrogens with zero attached hydrogens (tertiary/aromatic N) is 2. The molecular formula is C29H35N3O4S. The van der Waals surface area contributed by atoms with Gasteiger partial charge in [-0.2, -0.15) is 0 Å². The van der Waals surface area contributed by atoms with Crippen molar-refractivity contribution in [2.24, 2.45) is 0 Å². The van der Waals surface area contributed by atoms with Gasteiger partial charge in [0.25, 0.3) is 10.0 Å². The molecule has 3 aromatic carbocycles. The highest BCUT2D eigenvalue weighted by atomic mass is 32.2. The van der Waals surface area contributed by atoms with E-state index in [0.717, 1.165) is 16.3 Å². The average molecular weight is 522 g/mol. The number of hydrogen-bond acceptors (Lipinski definition) is 4. The van der Waals surface area contributed by atoms with Crippen molar-refractivity contribution in [1.82, 2.24) is 10.2 Å². The standard InChI is InChI=1S/C29H35N3O4S/c1-21(28(34)30-29(2,3)4)31(20-18-22-11-6-5-7-12-22)26(33)17-10-19-32-24-15-8-13-23-14-9-16-25(27(23)24)37(32,35)36/h5-9,11-16,21H,10,17-20H2,1-4H3,(H,30,34)/t21-/m0/s1. The van der Waals surface area contributed by atoms with E-state index in [1.54, 1.807) is 24.0 Å². The Morgan fingerprint density at radius 3 is 2.32 bits per heavy atom. The van der Waals surface area contributed by atoms with E-state index in [1.807, 2.05) is 75.4 Å². The number of sulfonamides is 1. The minimum absolute atomic E-state index is 0.139. The molecule has 1 atom stereocenters. The van der Waals surface area contributed by atoms with Crippen molar-refractivity contribution in [1.29, 1.82) is 0 Å². The van der Waals surface area contributed by atoms with Crippen molar-refractivity contribution < 1.29 is 18.0 Å². The Morgan fingerprint density at radius 2 is 1.65 bits per heavy atom. The quantitative estimate of drug-likeness (QED) is 0.449. The SMILES string of the molecule is C[C@@H](C(=O)NC(C)(C)C)N(CCc1ccccc1)C(=O)CCCN1c2cccc3cccc(c23)S1(=O)=O. The summed E-state index contributed by atoms with van der Waals surface area (Å²) in [4.78, 5) is 28.2. The van der Waals surface area contributed by atoms with Crippen LogP contribution in [0.1, 0.15) is 46.1 Å². The molecule has 3 aromatic rings. The zero-order chi connectivity index (χ0) is 26.8. The molecule has 1 aliphatic heterocycles. The number of anilines is 1. The molecule has 37 heavy (non-hydrogen) atoms. The number of carbonyl (C=O) groups excluding carboxylic acids is 2. The van der Waals surface area contributed by atoms with E-state index >= 15 is 0 Å². The van der Waals surface area contributed by atoms with E-state index < -0.39 is 21.6 Å². The van der Waals surface area contributed by atoms with Crippen LogP contribution in [0.25, 0.3) is 10.8 Å². The minimum atomic E-state index is -3.67. The van der Waals surface area contributed by atoms with Gasteiger partial charge in [0.2, 0.25) is 11.8 Å². The van der Waals surface area contributed by atoms with Crippen molar-refractivity contribution in [3.63, 3.8) is 0 Å². The number of amides is 2. The Hall–Kier alpha value is -3.39. The van der Waals surface area contributed by atoms with Gasteiger partial charge >= 0.3 is 0 Å². The molecule has 8 heteroatoms. The van der Waals surface area contributed by atoms with Crippen molar-refractivity contribution in [3.05, 3.63) is 72.3 Å². The normalized spacial score (nSPS) is 15.0. The highest BCUT2D eigenvalue weighted by Gasteiger charge is 2.35. The van der Waals surface area contributed by atoms with E-state index in [1.165, 1.54) is 4.31 Å². The molecule has 196 valence electrons. The number of rotatable bonds is 9. The van der Waals surface area contributed by atoms with E-state index in [9.17, 15) is 18.0 Å². The van der Waals surface area contributed by atoms with Crippen molar-refractivity contribution in [2.75, 3.05) is 17.4 Å². The molecule has 0 fully saturated rings. The minimum Gasteiger partial charge on any atom is -0.350 e. The summed E-state index contributed by atoms with van der Waals surface area (Å²) in [7, 11) is -3.67. The Bertz CT molecular complexity index is 1390. The summed E-state index contributed by atoms with van der Waals surface area (Å²) in [6.45, 7) is 8.05. The van der Waals surface area contributed by atoms with Gasteiger partial charge in [-0.1, -0.05) is 54.6 Å². The summed E-state index contributed by atoms with van der Waals surface area (Å²) >= 11 is 0. The lowest BCUT2D eigenvalue weighted by molar-refractivity contribution is -0.140. The van der Waals surface area contributed by atoms with Crippen LogP contribution in [0.3, 0.4) is 0 Å². The van der Waals surface area contributed by atoms with Crippen LogP contribution in [0.15, 0.2) is 71.6 Å². The molecule has 0 unspecified atom stereocenters. The van der Waals surface area contributed by atoms with Crippen LogP contribution in [-0.2, 0) is 26.0 Å². The van der Waals surface area contributed by atoms with Crippen LogP contribution in [0.2, 0.25) is 0 Å². The first-order valence-electron chi connectivity index (χ1n) is 12.7. The second-order valence-electron chi connectivity index (χ2n) is 10.6. The predicted octanol–water partition coefficient (Wildman–Crippen LogP) is 4.50. The highest BCUT2D eigenvalue weighted by Crippen LogP contribution is 2.42. The van der Waals surface area contributed by atoms with Gasteiger partial charge in [-0.25, -0.2) is 8.42 Å². The predicted molar refractivity (Wildman–Crippen MR) is 147 cm³/mol. The number of benzene rings is 3. The van der Waals surface area contributed by atoms with Gasteiger partial charge in [0.05, 0.1) is 10.6 Å². The smallest absolute Gasteiger partial charge is 0.265 e. The molecule has 1 N–H and O–H groups in total. The maximum Gasteiger partial charge on any atom is 0.265 e. The van der Waals surface area contributed by atoms with Crippen LogP contribution in [0, 0.1) is 0 Å². The van der Waals surface area contributed by atoms with Crippen molar-refractivity contribution >= 4 is 38.3 Å². The van der Waals surface area contributed by atoms with Gasteiger partial charge in [-0.15, -0.1) is 0 Å². The van der Waals surface area contributed by atoms with Crippen molar-refractivity contribution in [3.8, 4) is 0 Å². The fourth-order valence-electron chi connectivity index (χ4n) is 4.76. The lowest BCUT2D eigenvalue weighted by Crippen LogP contribution is -2.53. The van der Waals surface area contributed by atoms with Gasteiger partial charge < -0.3 is 10.2 Å². The number of hydrogen-bond donors (Lipinski definition) is 1. The topological polar surface area (TPSA) is 86.8 Å². The van der Waals surface area contributed by atoms with Gasteiger partial charge in [0, 0.05) is 30.4 Å². The Kier molecular flexibility index (Phi) is 7.59. The Labute approximate surface area is 219 Å². The van der Waals surface area contributed by atoms with E-state index in [4.69, 9.17) is 0 Å². The molecule has 1 aliphatic rings. The third-order valence-electron chi connectivity index (χ3n) is 6.58. The molecule has 0 saturated carbocycles. The first-order valence-corrected chi connectivity index (χ1v) is 14.1. The van der Waals surface area contributed by atoms with Crippen LogP contribution in [-0.4, -0.2) is 49.8 Å². The fraction of sp³-hybridized carbons (Fsp3) is 0.379. The van der Waals surface area contributed by atoms with Gasteiger partial charge in [0.1, 0.15) is 6.04 Å². The molecule has 0 aromatic heterocycles.